The van der Waals surface area contributed by atoms with Crippen LogP contribution < -0.4 is 14.8 Å². The quantitative estimate of drug-likeness (QED) is 0.820. The maximum atomic E-state index is 12.2. The van der Waals surface area contributed by atoms with Crippen LogP contribution in [0.3, 0.4) is 0 Å². The van der Waals surface area contributed by atoms with Crippen molar-refractivity contribution in [3.63, 3.8) is 0 Å². The van der Waals surface area contributed by atoms with Gasteiger partial charge in [-0.15, -0.1) is 11.6 Å². The predicted molar refractivity (Wildman–Crippen MR) is 66.9 cm³/mol. The summed E-state index contributed by atoms with van der Waals surface area (Å²) in [5.74, 6) is -0.372. The number of ether oxygens (including phenoxy) is 2. The van der Waals surface area contributed by atoms with E-state index in [-0.39, 0.29) is 18.1 Å². The largest absolute Gasteiger partial charge is 0.490 e. The fraction of sp³-hybridized carbons (Fsp3) is 0.417. The van der Waals surface area contributed by atoms with Crippen molar-refractivity contribution >= 4 is 17.5 Å². The van der Waals surface area contributed by atoms with Crippen molar-refractivity contribution in [1.29, 1.82) is 0 Å². The van der Waals surface area contributed by atoms with Crippen molar-refractivity contribution in [2.45, 2.75) is 18.9 Å². The van der Waals surface area contributed by atoms with Crippen molar-refractivity contribution in [3.8, 4) is 11.5 Å². The number of alkyl halides is 3. The van der Waals surface area contributed by atoms with E-state index in [0.29, 0.717) is 5.56 Å². The van der Waals surface area contributed by atoms with E-state index in [1.807, 2.05) is 0 Å². The smallest absolute Gasteiger partial charge is 0.387 e. The highest BCUT2D eigenvalue weighted by molar-refractivity contribution is 6.30. The molecule has 1 atom stereocenters. The average molecular weight is 294 g/mol. The Kier molecular flexibility index (Phi) is 5.82. The number of nitrogens with one attached hydrogen (secondary N) is 1. The van der Waals surface area contributed by atoms with Gasteiger partial charge in [-0.2, -0.15) is 8.78 Å². The molecule has 1 rings (SSSR count). The molecule has 1 aromatic carbocycles. The average Bonchev–Trinajstić information content (AvgIpc) is 2.38. The van der Waals surface area contributed by atoms with E-state index in [1.54, 1.807) is 6.92 Å². The Balaban J connectivity index is 3.04. The molecule has 0 aliphatic carbocycles. The second-order valence-electron chi connectivity index (χ2n) is 3.49. The normalized spacial score (nSPS) is 12.1. The number of rotatable bonds is 6. The van der Waals surface area contributed by atoms with Gasteiger partial charge in [-0.05, 0) is 24.6 Å². The Morgan fingerprint density at radius 1 is 1.42 bits per heavy atom. The number of benzene rings is 1. The van der Waals surface area contributed by atoms with Crippen LogP contribution >= 0.6 is 11.6 Å². The Bertz CT molecular complexity index is 443. The van der Waals surface area contributed by atoms with Crippen LogP contribution in [0.1, 0.15) is 17.9 Å². The Morgan fingerprint density at radius 2 is 2.11 bits per heavy atom. The van der Waals surface area contributed by atoms with Gasteiger partial charge < -0.3 is 14.8 Å². The van der Waals surface area contributed by atoms with Crippen molar-refractivity contribution in [2.75, 3.05) is 13.7 Å². The summed E-state index contributed by atoms with van der Waals surface area (Å²) in [6, 6.07) is 4.14. The van der Waals surface area contributed by atoms with Gasteiger partial charge in [0.05, 0.1) is 6.61 Å². The van der Waals surface area contributed by atoms with Crippen LogP contribution in [-0.2, 0) is 4.79 Å². The highest BCUT2D eigenvalue weighted by Gasteiger charge is 2.19. The first-order valence-electron chi connectivity index (χ1n) is 5.56. The molecule has 0 aromatic heterocycles. The molecule has 0 spiro atoms. The summed E-state index contributed by atoms with van der Waals surface area (Å²) < 4.78 is 33.9. The first-order chi connectivity index (χ1) is 8.99. The summed E-state index contributed by atoms with van der Waals surface area (Å²) in [7, 11) is 1.45. The maximum Gasteiger partial charge on any atom is 0.387 e. The lowest BCUT2D eigenvalue weighted by atomic mass is 10.1. The van der Waals surface area contributed by atoms with Gasteiger partial charge in [0, 0.05) is 7.05 Å². The summed E-state index contributed by atoms with van der Waals surface area (Å²) >= 11 is 5.93. The summed E-state index contributed by atoms with van der Waals surface area (Å²) in [5, 5.41) is 1.47. The summed E-state index contributed by atoms with van der Waals surface area (Å²) in [6.45, 7) is -0.970. The van der Waals surface area contributed by atoms with Gasteiger partial charge in [-0.1, -0.05) is 6.07 Å². The third kappa shape index (κ3) is 4.24. The molecule has 4 nitrogen and oxygen atoms in total. The Hall–Kier alpha value is -1.56. The zero-order valence-corrected chi connectivity index (χ0v) is 11.2. The van der Waals surface area contributed by atoms with Crippen LogP contribution in [0.5, 0.6) is 11.5 Å². The van der Waals surface area contributed by atoms with Crippen LogP contribution in [0, 0.1) is 0 Å². The molecule has 0 heterocycles. The van der Waals surface area contributed by atoms with Crippen LogP contribution in [0.15, 0.2) is 18.2 Å². The van der Waals surface area contributed by atoms with Gasteiger partial charge in [-0.25, -0.2) is 0 Å². The molecule has 106 valence electrons. The van der Waals surface area contributed by atoms with Gasteiger partial charge in [0.15, 0.2) is 11.5 Å². The van der Waals surface area contributed by atoms with Gasteiger partial charge in [0.2, 0.25) is 5.91 Å². The minimum Gasteiger partial charge on any atom is -0.490 e. The number of carbonyl (C=O) groups is 1. The number of likely N-dealkylation sites (N-methyl/N-ethyl adjacent to an activating group) is 1. The van der Waals surface area contributed by atoms with E-state index < -0.39 is 17.9 Å². The van der Waals surface area contributed by atoms with E-state index >= 15 is 0 Å². The molecule has 0 aliphatic heterocycles. The predicted octanol–water partition coefficient (Wildman–Crippen LogP) is 2.71. The number of halogens is 3. The van der Waals surface area contributed by atoms with E-state index in [4.69, 9.17) is 16.3 Å². The molecule has 0 bridgehead atoms. The molecule has 19 heavy (non-hydrogen) atoms. The number of hydrogen-bond donors (Lipinski definition) is 1. The third-order valence-corrected chi connectivity index (χ3v) is 2.70. The van der Waals surface area contributed by atoms with Crippen LogP contribution in [0.25, 0.3) is 0 Å². The molecule has 0 radical (unpaired) electrons. The molecule has 0 fully saturated rings. The molecular formula is C12H14ClF2NO3. The minimum atomic E-state index is -2.95. The van der Waals surface area contributed by atoms with Gasteiger partial charge in [0.1, 0.15) is 5.38 Å². The molecule has 0 saturated carbocycles. The summed E-state index contributed by atoms with van der Waals surface area (Å²) in [5.41, 5.74) is 0.436. The standard InChI is InChI=1S/C12H14ClF2NO3/c1-3-18-9-6-7(10(13)11(17)16-2)4-5-8(9)19-12(14)15/h4-6,10,12H,3H2,1-2H3,(H,16,17). The van der Waals surface area contributed by atoms with Crippen molar-refractivity contribution in [1.82, 2.24) is 5.32 Å². The minimum absolute atomic E-state index is 0.0960. The molecule has 7 heteroatoms. The molecule has 0 aliphatic rings. The highest BCUT2D eigenvalue weighted by atomic mass is 35.5. The fourth-order valence-electron chi connectivity index (χ4n) is 1.42. The summed E-state index contributed by atoms with van der Waals surface area (Å²) in [6.07, 6.45) is 0. The zero-order valence-electron chi connectivity index (χ0n) is 10.5. The van der Waals surface area contributed by atoms with Crippen LogP contribution in [0.4, 0.5) is 8.78 Å². The Labute approximate surface area is 114 Å². The molecule has 1 unspecified atom stereocenters. The first kappa shape index (κ1) is 15.5. The first-order valence-corrected chi connectivity index (χ1v) is 6.00. The van der Waals surface area contributed by atoms with E-state index in [9.17, 15) is 13.6 Å². The van der Waals surface area contributed by atoms with Crippen molar-refractivity contribution in [2.24, 2.45) is 0 Å². The van der Waals surface area contributed by atoms with Crippen molar-refractivity contribution in [3.05, 3.63) is 23.8 Å². The molecular weight excluding hydrogens is 280 g/mol. The lowest BCUT2D eigenvalue weighted by Gasteiger charge is -2.14. The van der Waals surface area contributed by atoms with Gasteiger partial charge in [-0.3, -0.25) is 4.79 Å². The maximum absolute atomic E-state index is 12.2. The SMILES string of the molecule is CCOc1cc(C(Cl)C(=O)NC)ccc1OC(F)F. The number of carbonyl (C=O) groups excluding carboxylic acids is 1. The van der Waals surface area contributed by atoms with E-state index in [0.717, 1.165) is 0 Å². The fourth-order valence-corrected chi connectivity index (χ4v) is 1.67. The lowest BCUT2D eigenvalue weighted by Crippen LogP contribution is -2.22. The highest BCUT2D eigenvalue weighted by Crippen LogP contribution is 2.33. The van der Waals surface area contributed by atoms with E-state index in [1.165, 1.54) is 25.2 Å². The number of amides is 1. The third-order valence-electron chi connectivity index (χ3n) is 2.25. The monoisotopic (exact) mass is 293 g/mol. The molecule has 1 amide bonds. The summed E-state index contributed by atoms with van der Waals surface area (Å²) in [4.78, 5) is 11.4. The Morgan fingerprint density at radius 3 is 2.63 bits per heavy atom. The lowest BCUT2D eigenvalue weighted by molar-refractivity contribution is -0.120. The van der Waals surface area contributed by atoms with Gasteiger partial charge in [0.25, 0.3) is 0 Å². The molecule has 1 aromatic rings. The second-order valence-corrected chi connectivity index (χ2v) is 3.93. The van der Waals surface area contributed by atoms with E-state index in [2.05, 4.69) is 10.1 Å². The zero-order chi connectivity index (χ0) is 14.4. The van der Waals surface area contributed by atoms with Crippen molar-refractivity contribution < 1.29 is 23.0 Å². The van der Waals surface area contributed by atoms with Crippen LogP contribution in [0.2, 0.25) is 0 Å². The number of hydrogen-bond acceptors (Lipinski definition) is 3. The van der Waals surface area contributed by atoms with Crippen LogP contribution in [-0.4, -0.2) is 26.2 Å². The second kappa shape index (κ2) is 7.13. The van der Waals surface area contributed by atoms with Gasteiger partial charge >= 0.3 is 6.61 Å². The molecule has 1 N–H and O–H groups in total. The molecule has 0 saturated heterocycles. The topological polar surface area (TPSA) is 47.6 Å².